The molecule has 0 radical (unpaired) electrons. The zero-order valence-electron chi connectivity index (χ0n) is 17.5. The third kappa shape index (κ3) is 4.41. The van der Waals surface area contributed by atoms with Gasteiger partial charge in [-0.1, -0.05) is 13.3 Å². The van der Waals surface area contributed by atoms with Gasteiger partial charge < -0.3 is 18.9 Å². The van der Waals surface area contributed by atoms with Crippen LogP contribution in [0.15, 0.2) is 17.0 Å². The Labute approximate surface area is 181 Å². The van der Waals surface area contributed by atoms with Gasteiger partial charge in [-0.15, -0.1) is 0 Å². The van der Waals surface area contributed by atoms with Crippen molar-refractivity contribution in [2.24, 2.45) is 0 Å². The van der Waals surface area contributed by atoms with E-state index in [1.165, 1.54) is 11.9 Å². The van der Waals surface area contributed by atoms with Crippen LogP contribution in [0.3, 0.4) is 0 Å². The molecule has 1 fully saturated rings. The molecule has 0 N–H and O–H groups in total. The zero-order chi connectivity index (χ0) is 21.5. The van der Waals surface area contributed by atoms with Gasteiger partial charge in [-0.2, -0.15) is 10.5 Å². The quantitative estimate of drug-likeness (QED) is 0.459. The lowest BCUT2D eigenvalue weighted by Crippen LogP contribution is -2.31. The van der Waals surface area contributed by atoms with E-state index in [2.05, 4.69) is 23.4 Å². The van der Waals surface area contributed by atoms with E-state index in [1.54, 1.807) is 14.2 Å². The summed E-state index contributed by atoms with van der Waals surface area (Å²) in [5.74, 6) is 1.52. The van der Waals surface area contributed by atoms with Crippen LogP contribution in [0.25, 0.3) is 10.8 Å². The first-order valence-corrected chi connectivity index (χ1v) is 10.6. The van der Waals surface area contributed by atoms with Crippen molar-refractivity contribution in [3.63, 3.8) is 0 Å². The predicted octanol–water partition coefficient (Wildman–Crippen LogP) is 4.12. The van der Waals surface area contributed by atoms with E-state index in [9.17, 15) is 10.5 Å². The zero-order valence-corrected chi connectivity index (χ0v) is 18.3. The molecule has 0 bridgehead atoms. The molecule has 0 amide bonds. The van der Waals surface area contributed by atoms with Crippen LogP contribution in [-0.2, 0) is 4.74 Å². The number of hydrogen-bond donors (Lipinski definition) is 0. The van der Waals surface area contributed by atoms with Crippen LogP contribution in [-0.4, -0.2) is 51.4 Å². The fourth-order valence-corrected chi connectivity index (χ4v) is 4.39. The summed E-state index contributed by atoms with van der Waals surface area (Å²) in [7, 11) is 3.14. The Morgan fingerprint density at radius 2 is 1.67 bits per heavy atom. The molecule has 2 aromatic rings. The molecule has 158 valence electrons. The number of nitriles is 2. The number of morpholine rings is 1. The highest BCUT2D eigenvalue weighted by molar-refractivity contribution is 7.97. The second-order valence-electron chi connectivity index (χ2n) is 6.72. The van der Waals surface area contributed by atoms with Crippen molar-refractivity contribution < 1.29 is 18.9 Å². The van der Waals surface area contributed by atoms with E-state index >= 15 is 0 Å². The Morgan fingerprint density at radius 3 is 2.23 bits per heavy atom. The van der Waals surface area contributed by atoms with Crippen LogP contribution < -0.4 is 14.2 Å². The van der Waals surface area contributed by atoms with Crippen molar-refractivity contribution in [3.05, 3.63) is 23.3 Å². The van der Waals surface area contributed by atoms with Gasteiger partial charge in [0.1, 0.15) is 23.5 Å². The van der Waals surface area contributed by atoms with Crippen LogP contribution in [0.4, 0.5) is 0 Å². The monoisotopic (exact) mass is 427 g/mol. The van der Waals surface area contributed by atoms with Gasteiger partial charge in [0.15, 0.2) is 11.5 Å². The molecule has 0 aromatic heterocycles. The van der Waals surface area contributed by atoms with Gasteiger partial charge in [-0.25, -0.2) is 4.31 Å². The van der Waals surface area contributed by atoms with Crippen molar-refractivity contribution in [2.45, 2.75) is 24.7 Å². The lowest BCUT2D eigenvalue weighted by Gasteiger charge is -2.27. The Morgan fingerprint density at radius 1 is 1.03 bits per heavy atom. The minimum Gasteiger partial charge on any atom is -0.493 e. The van der Waals surface area contributed by atoms with E-state index in [-0.39, 0.29) is 5.56 Å². The Hall–Kier alpha value is -2.65. The molecule has 3 rings (SSSR count). The van der Waals surface area contributed by atoms with E-state index in [4.69, 9.17) is 18.9 Å². The summed E-state index contributed by atoms with van der Waals surface area (Å²) in [5, 5.41) is 21.4. The lowest BCUT2D eigenvalue weighted by atomic mass is 9.99. The molecule has 0 saturated carbocycles. The van der Waals surface area contributed by atoms with Crippen LogP contribution >= 0.6 is 11.9 Å². The summed E-state index contributed by atoms with van der Waals surface area (Å²) in [6.07, 6.45) is 1.82. The first-order valence-electron chi connectivity index (χ1n) is 9.87. The summed E-state index contributed by atoms with van der Waals surface area (Å²) in [6, 6.07) is 8.12. The molecule has 0 atom stereocenters. The van der Waals surface area contributed by atoms with E-state index < -0.39 is 0 Å². The summed E-state index contributed by atoms with van der Waals surface area (Å²) in [6.45, 7) is 5.28. The standard InChI is InChI=1S/C22H25N3O4S/c1-4-5-8-29-21-15-11-19(26-2)20(27-3)12-16(15)22(18(14-24)17(21)13-23)30-25-6-9-28-10-7-25/h11-12H,4-10H2,1-3H3. The van der Waals surface area contributed by atoms with Gasteiger partial charge in [0, 0.05) is 23.9 Å². The Balaban J connectivity index is 2.27. The van der Waals surface area contributed by atoms with Gasteiger partial charge >= 0.3 is 0 Å². The SMILES string of the molecule is CCCCOc1c(C#N)c(C#N)c(SN2CCOCC2)c2cc(OC)c(OC)cc12. The minimum absolute atomic E-state index is 0.254. The third-order valence-electron chi connectivity index (χ3n) is 4.88. The number of methoxy groups -OCH3 is 2. The van der Waals surface area contributed by atoms with Crippen molar-refractivity contribution >= 4 is 22.7 Å². The molecule has 0 spiro atoms. The van der Waals surface area contributed by atoms with Crippen LogP contribution in [0.1, 0.15) is 30.9 Å². The van der Waals surface area contributed by atoms with Crippen molar-refractivity contribution in [1.29, 1.82) is 10.5 Å². The average molecular weight is 428 g/mol. The number of benzene rings is 2. The van der Waals surface area contributed by atoms with Crippen molar-refractivity contribution in [2.75, 3.05) is 47.1 Å². The number of nitrogens with zero attached hydrogens (tertiary/aromatic N) is 3. The molecule has 0 aliphatic carbocycles. The number of unbranched alkanes of at least 4 members (excludes halogenated alkanes) is 1. The smallest absolute Gasteiger partial charge is 0.161 e. The van der Waals surface area contributed by atoms with Gasteiger partial charge in [0.25, 0.3) is 0 Å². The Kier molecular flexibility index (Phi) is 7.64. The highest BCUT2D eigenvalue weighted by atomic mass is 32.2. The number of ether oxygens (including phenoxy) is 4. The van der Waals surface area contributed by atoms with Gasteiger partial charge in [0.05, 0.1) is 44.5 Å². The first-order chi connectivity index (χ1) is 14.7. The second kappa shape index (κ2) is 10.4. The van der Waals surface area contributed by atoms with Crippen LogP contribution in [0.2, 0.25) is 0 Å². The summed E-state index contributed by atoms with van der Waals surface area (Å²) in [4.78, 5) is 0.717. The Bertz CT molecular complexity index is 991. The molecule has 1 aliphatic rings. The predicted molar refractivity (Wildman–Crippen MR) is 115 cm³/mol. The molecule has 7 nitrogen and oxygen atoms in total. The fourth-order valence-electron chi connectivity index (χ4n) is 3.29. The number of fused-ring (bicyclic) bond motifs is 1. The summed E-state index contributed by atoms with van der Waals surface area (Å²) < 4.78 is 24.6. The maximum Gasteiger partial charge on any atom is 0.161 e. The molecule has 2 aromatic carbocycles. The number of rotatable bonds is 8. The highest BCUT2D eigenvalue weighted by Crippen LogP contribution is 2.45. The van der Waals surface area contributed by atoms with Gasteiger partial charge in [0.2, 0.25) is 0 Å². The highest BCUT2D eigenvalue weighted by Gasteiger charge is 2.25. The summed E-state index contributed by atoms with van der Waals surface area (Å²) >= 11 is 1.47. The van der Waals surface area contributed by atoms with Crippen LogP contribution in [0.5, 0.6) is 17.2 Å². The average Bonchev–Trinajstić information content (AvgIpc) is 2.79. The maximum absolute atomic E-state index is 9.97. The fraction of sp³-hybridized carbons (Fsp3) is 0.455. The molecule has 1 heterocycles. The molecule has 1 saturated heterocycles. The topological polar surface area (TPSA) is 87.7 Å². The molecular weight excluding hydrogens is 402 g/mol. The first kappa shape index (κ1) is 22.0. The van der Waals surface area contributed by atoms with E-state index in [0.717, 1.165) is 41.6 Å². The van der Waals surface area contributed by atoms with Crippen molar-refractivity contribution in [3.8, 4) is 29.4 Å². The summed E-state index contributed by atoms with van der Waals surface area (Å²) in [5.41, 5.74) is 0.573. The normalized spacial score (nSPS) is 14.2. The molecule has 0 unspecified atom stereocenters. The molecule has 8 heteroatoms. The van der Waals surface area contributed by atoms with Gasteiger partial charge in [-0.3, -0.25) is 0 Å². The number of hydrogen-bond acceptors (Lipinski definition) is 8. The molecule has 1 aliphatic heterocycles. The van der Waals surface area contributed by atoms with E-state index in [1.807, 2.05) is 12.1 Å². The third-order valence-corrected chi connectivity index (χ3v) is 6.11. The van der Waals surface area contributed by atoms with Gasteiger partial charge in [-0.05, 0) is 30.5 Å². The minimum atomic E-state index is 0.254. The van der Waals surface area contributed by atoms with Crippen molar-refractivity contribution in [1.82, 2.24) is 4.31 Å². The largest absolute Gasteiger partial charge is 0.493 e. The van der Waals surface area contributed by atoms with Crippen LogP contribution in [0, 0.1) is 22.7 Å². The van der Waals surface area contributed by atoms with E-state index in [0.29, 0.717) is 42.6 Å². The molecular formula is C22H25N3O4S. The maximum atomic E-state index is 9.97. The second-order valence-corrected chi connectivity index (χ2v) is 7.83. The molecule has 30 heavy (non-hydrogen) atoms. The lowest BCUT2D eigenvalue weighted by molar-refractivity contribution is 0.0773.